The molecule has 0 saturated carbocycles. The predicted molar refractivity (Wildman–Crippen MR) is 89.6 cm³/mol. The third-order valence-corrected chi connectivity index (χ3v) is 4.78. The number of hydrogen-bond donors (Lipinski definition) is 1. The fourth-order valence-electron chi connectivity index (χ4n) is 2.47. The topological polar surface area (TPSA) is 60.9 Å². The maximum atomic E-state index is 11.9. The van der Waals surface area contributed by atoms with Gasteiger partial charge in [-0.05, 0) is 24.6 Å². The van der Waals surface area contributed by atoms with Gasteiger partial charge in [-0.15, -0.1) is 0 Å². The summed E-state index contributed by atoms with van der Waals surface area (Å²) in [4.78, 5) is 16.5. The van der Waals surface area contributed by atoms with Gasteiger partial charge in [0.15, 0.2) is 5.16 Å². The molecule has 2 N–H and O–H groups in total. The number of fused-ring (bicyclic) bond motifs is 1. The Bertz CT molecular complexity index is 798. The molecule has 1 heterocycles. The molecule has 1 amide bonds. The number of nitrogens with zero attached hydrogens (tertiary/aromatic N) is 2. The van der Waals surface area contributed by atoms with Crippen LogP contribution in [0.3, 0.4) is 0 Å². The number of benzene rings is 2. The summed E-state index contributed by atoms with van der Waals surface area (Å²) < 4.78 is 2.11. The van der Waals surface area contributed by atoms with Crippen LogP contribution in [-0.4, -0.2) is 15.5 Å². The molecule has 0 saturated heterocycles. The molecule has 2 aromatic carbocycles. The number of aryl methyl sites for hydroxylation is 1. The lowest BCUT2D eigenvalue weighted by atomic mass is 10.1. The van der Waals surface area contributed by atoms with Crippen LogP contribution in [0.5, 0.6) is 0 Å². The average Bonchev–Trinajstić information content (AvgIpc) is 2.90. The minimum atomic E-state index is -0.441. The molecule has 1 aromatic heterocycles. The third kappa shape index (κ3) is 2.72. The highest BCUT2D eigenvalue weighted by Gasteiger charge is 2.22. The van der Waals surface area contributed by atoms with Crippen molar-refractivity contribution >= 4 is 28.7 Å². The van der Waals surface area contributed by atoms with E-state index >= 15 is 0 Å². The molecule has 5 heteroatoms. The Balaban J connectivity index is 2.02. The van der Waals surface area contributed by atoms with E-state index in [1.807, 2.05) is 54.6 Å². The summed E-state index contributed by atoms with van der Waals surface area (Å²) >= 11 is 1.40. The Kier molecular flexibility index (Phi) is 4.15. The van der Waals surface area contributed by atoms with Gasteiger partial charge in [-0.25, -0.2) is 4.98 Å². The number of primary amides is 1. The normalized spacial score (nSPS) is 12.4. The molecule has 112 valence electrons. The third-order valence-electron chi connectivity index (χ3n) is 3.52. The summed E-state index contributed by atoms with van der Waals surface area (Å²) in [6.07, 6.45) is 0. The van der Waals surface area contributed by atoms with E-state index in [9.17, 15) is 4.79 Å². The van der Waals surface area contributed by atoms with Crippen LogP contribution < -0.4 is 5.73 Å². The fraction of sp³-hybridized carbons (Fsp3) is 0.176. The number of carbonyl (C=O) groups is 1. The number of nitrogens with two attached hydrogens (primary N) is 1. The first-order valence-electron chi connectivity index (χ1n) is 7.17. The van der Waals surface area contributed by atoms with E-state index in [0.29, 0.717) is 0 Å². The number of hydrogen-bond acceptors (Lipinski definition) is 3. The second-order valence-electron chi connectivity index (χ2n) is 4.94. The van der Waals surface area contributed by atoms with Gasteiger partial charge in [-0.3, -0.25) is 4.79 Å². The van der Waals surface area contributed by atoms with Crippen molar-refractivity contribution in [3.8, 4) is 0 Å². The van der Waals surface area contributed by atoms with Gasteiger partial charge in [0.1, 0.15) is 5.25 Å². The van der Waals surface area contributed by atoms with Crippen molar-refractivity contribution in [1.29, 1.82) is 0 Å². The van der Waals surface area contributed by atoms with Gasteiger partial charge in [-0.1, -0.05) is 54.2 Å². The lowest BCUT2D eigenvalue weighted by Gasteiger charge is -2.13. The molecule has 3 rings (SSSR count). The van der Waals surface area contributed by atoms with Crippen LogP contribution in [0, 0.1) is 0 Å². The Morgan fingerprint density at radius 2 is 1.86 bits per heavy atom. The lowest BCUT2D eigenvalue weighted by Crippen LogP contribution is -2.19. The molecule has 0 aliphatic rings. The largest absolute Gasteiger partial charge is 0.368 e. The van der Waals surface area contributed by atoms with Gasteiger partial charge in [0.25, 0.3) is 0 Å². The van der Waals surface area contributed by atoms with Gasteiger partial charge in [0, 0.05) is 6.54 Å². The monoisotopic (exact) mass is 311 g/mol. The van der Waals surface area contributed by atoms with E-state index < -0.39 is 5.25 Å². The Hall–Kier alpha value is -2.27. The number of para-hydroxylation sites is 2. The average molecular weight is 311 g/mol. The van der Waals surface area contributed by atoms with Gasteiger partial charge in [0.2, 0.25) is 5.91 Å². The minimum absolute atomic E-state index is 0.356. The second-order valence-corrected chi connectivity index (χ2v) is 6.01. The van der Waals surface area contributed by atoms with Crippen LogP contribution >= 0.6 is 11.8 Å². The first-order chi connectivity index (χ1) is 10.7. The molecule has 0 spiro atoms. The van der Waals surface area contributed by atoms with Crippen LogP contribution in [0.2, 0.25) is 0 Å². The van der Waals surface area contributed by atoms with Crippen LogP contribution in [0.15, 0.2) is 59.8 Å². The summed E-state index contributed by atoms with van der Waals surface area (Å²) in [5, 5.41) is 0.375. The SMILES string of the molecule is CCn1c(S[C@@H](C(N)=O)c2ccccc2)nc2ccccc21. The van der Waals surface area contributed by atoms with Crippen molar-refractivity contribution in [1.82, 2.24) is 9.55 Å². The van der Waals surface area contributed by atoms with Gasteiger partial charge in [-0.2, -0.15) is 0 Å². The molecule has 0 aliphatic carbocycles. The molecule has 0 aliphatic heterocycles. The number of amides is 1. The molecule has 1 atom stereocenters. The standard InChI is InChI=1S/C17H17N3OS/c1-2-20-14-11-7-6-10-13(14)19-17(20)22-15(16(18)21)12-8-4-3-5-9-12/h3-11,15H,2H2,1H3,(H2,18,21)/t15-/m1/s1. The smallest absolute Gasteiger partial charge is 0.235 e. The summed E-state index contributed by atoms with van der Waals surface area (Å²) in [7, 11) is 0. The zero-order valence-electron chi connectivity index (χ0n) is 12.3. The maximum Gasteiger partial charge on any atom is 0.235 e. The van der Waals surface area contributed by atoms with E-state index in [1.54, 1.807) is 0 Å². The second kappa shape index (κ2) is 6.23. The van der Waals surface area contributed by atoms with E-state index in [4.69, 9.17) is 5.73 Å². The molecular formula is C17H17N3OS. The summed E-state index contributed by atoms with van der Waals surface area (Å²) in [5.41, 5.74) is 8.51. The van der Waals surface area contributed by atoms with E-state index in [-0.39, 0.29) is 5.91 Å². The molecule has 3 aromatic rings. The minimum Gasteiger partial charge on any atom is -0.368 e. The van der Waals surface area contributed by atoms with Crippen LogP contribution in [0.1, 0.15) is 17.7 Å². The summed E-state index contributed by atoms with van der Waals surface area (Å²) in [5.74, 6) is -0.356. The zero-order chi connectivity index (χ0) is 15.5. The highest BCUT2D eigenvalue weighted by atomic mass is 32.2. The molecule has 0 radical (unpaired) electrons. The van der Waals surface area contributed by atoms with Crippen molar-refractivity contribution < 1.29 is 4.79 Å². The number of carbonyl (C=O) groups excluding carboxylic acids is 1. The maximum absolute atomic E-state index is 11.9. The molecular weight excluding hydrogens is 294 g/mol. The van der Waals surface area contributed by atoms with Crippen LogP contribution in [0.25, 0.3) is 11.0 Å². The molecule has 0 unspecified atom stereocenters. The van der Waals surface area contributed by atoms with Gasteiger partial charge < -0.3 is 10.3 Å². The molecule has 0 bridgehead atoms. The number of thioether (sulfide) groups is 1. The van der Waals surface area contributed by atoms with Crippen molar-refractivity contribution in [2.45, 2.75) is 23.9 Å². The number of rotatable bonds is 5. The number of aromatic nitrogens is 2. The highest BCUT2D eigenvalue weighted by Crippen LogP contribution is 2.36. The van der Waals surface area contributed by atoms with Crippen molar-refractivity contribution in [2.75, 3.05) is 0 Å². The fourth-order valence-corrected chi connectivity index (χ4v) is 3.60. The van der Waals surface area contributed by atoms with E-state index in [1.165, 1.54) is 11.8 Å². The van der Waals surface area contributed by atoms with Crippen LogP contribution in [0.4, 0.5) is 0 Å². The van der Waals surface area contributed by atoms with Crippen molar-refractivity contribution in [2.24, 2.45) is 5.73 Å². The van der Waals surface area contributed by atoms with Gasteiger partial charge in [0.05, 0.1) is 11.0 Å². The lowest BCUT2D eigenvalue weighted by molar-refractivity contribution is -0.117. The predicted octanol–water partition coefficient (Wildman–Crippen LogP) is 3.37. The summed E-state index contributed by atoms with van der Waals surface area (Å²) in [6.45, 7) is 2.86. The number of imidazole rings is 1. The molecule has 4 nitrogen and oxygen atoms in total. The highest BCUT2D eigenvalue weighted by molar-refractivity contribution is 8.00. The summed E-state index contributed by atoms with van der Waals surface area (Å²) in [6, 6.07) is 17.6. The van der Waals surface area contributed by atoms with Crippen molar-refractivity contribution in [3.63, 3.8) is 0 Å². The van der Waals surface area contributed by atoms with E-state index in [2.05, 4.69) is 16.5 Å². The molecule has 22 heavy (non-hydrogen) atoms. The van der Waals surface area contributed by atoms with Crippen molar-refractivity contribution in [3.05, 3.63) is 60.2 Å². The Labute approximate surface area is 133 Å². The van der Waals surface area contributed by atoms with E-state index in [0.717, 1.165) is 28.3 Å². The first kappa shape index (κ1) is 14.7. The quantitative estimate of drug-likeness (QED) is 0.735. The van der Waals surface area contributed by atoms with Gasteiger partial charge >= 0.3 is 0 Å². The molecule has 0 fully saturated rings. The first-order valence-corrected chi connectivity index (χ1v) is 8.05. The zero-order valence-corrected chi connectivity index (χ0v) is 13.1. The Morgan fingerprint density at radius 1 is 1.18 bits per heavy atom. The van der Waals surface area contributed by atoms with Crippen LogP contribution in [-0.2, 0) is 11.3 Å². The Morgan fingerprint density at radius 3 is 2.55 bits per heavy atom.